The van der Waals surface area contributed by atoms with Crippen LogP contribution < -0.4 is 0 Å². The van der Waals surface area contributed by atoms with Gasteiger partial charge in [0.2, 0.25) is 0 Å². The first-order valence-corrected chi connectivity index (χ1v) is 5.52. The normalized spacial score (nSPS) is 17.5. The zero-order valence-electron chi connectivity index (χ0n) is 9.19. The molecule has 3 nitrogen and oxygen atoms in total. The summed E-state index contributed by atoms with van der Waals surface area (Å²) in [5.74, 6) is 0. The number of nitrogens with zero attached hydrogens (tertiary/aromatic N) is 3. The molecule has 0 amide bonds. The van der Waals surface area contributed by atoms with E-state index in [1.54, 1.807) is 0 Å². The molecule has 3 rings (SSSR count). The van der Waals surface area contributed by atoms with Gasteiger partial charge in [0.25, 0.3) is 0 Å². The SMILES string of the molecule is C1=Nc2ccccc2C1N=Nc1ccccc1. The van der Waals surface area contributed by atoms with Gasteiger partial charge in [0.1, 0.15) is 6.04 Å². The molecule has 1 aliphatic heterocycles. The first-order valence-electron chi connectivity index (χ1n) is 5.52. The number of benzene rings is 2. The fraction of sp³-hybridized carbons (Fsp3) is 0.0714. The molecule has 0 radical (unpaired) electrons. The second kappa shape index (κ2) is 4.29. The number of hydrogen-bond donors (Lipinski definition) is 0. The molecule has 0 aliphatic carbocycles. The monoisotopic (exact) mass is 221 g/mol. The molecular formula is C14H11N3. The fourth-order valence-electron chi connectivity index (χ4n) is 1.80. The minimum atomic E-state index is -0.0496. The molecule has 0 N–H and O–H groups in total. The highest BCUT2D eigenvalue weighted by Gasteiger charge is 2.16. The first kappa shape index (κ1) is 9.90. The van der Waals surface area contributed by atoms with Gasteiger partial charge in [-0.3, -0.25) is 4.99 Å². The van der Waals surface area contributed by atoms with E-state index >= 15 is 0 Å². The molecule has 3 heteroatoms. The lowest BCUT2D eigenvalue weighted by molar-refractivity contribution is 0.913. The summed E-state index contributed by atoms with van der Waals surface area (Å²) < 4.78 is 0. The van der Waals surface area contributed by atoms with Gasteiger partial charge < -0.3 is 0 Å². The van der Waals surface area contributed by atoms with Crippen LogP contribution in [0.4, 0.5) is 11.4 Å². The number of fused-ring (bicyclic) bond motifs is 1. The van der Waals surface area contributed by atoms with Gasteiger partial charge in [0, 0.05) is 11.8 Å². The molecule has 0 aromatic heterocycles. The second-order valence-electron chi connectivity index (χ2n) is 3.83. The number of hydrogen-bond acceptors (Lipinski definition) is 3. The molecule has 17 heavy (non-hydrogen) atoms. The van der Waals surface area contributed by atoms with Crippen LogP contribution in [0.2, 0.25) is 0 Å². The van der Waals surface area contributed by atoms with E-state index in [4.69, 9.17) is 0 Å². The Bertz CT molecular complexity index is 573. The highest BCUT2D eigenvalue weighted by molar-refractivity contribution is 5.80. The van der Waals surface area contributed by atoms with Crippen molar-refractivity contribution in [3.63, 3.8) is 0 Å². The largest absolute Gasteiger partial charge is 0.258 e. The lowest BCUT2D eigenvalue weighted by Crippen LogP contribution is -1.89. The standard InChI is InChI=1S/C14H11N3/c1-2-6-11(7-3-1)16-17-14-10-15-13-9-5-4-8-12(13)14/h1-10,14H. The Morgan fingerprint density at radius 2 is 1.65 bits per heavy atom. The van der Waals surface area contributed by atoms with Crippen LogP contribution in [0.5, 0.6) is 0 Å². The van der Waals surface area contributed by atoms with Gasteiger partial charge in [-0.05, 0) is 18.2 Å². The molecule has 0 saturated heterocycles. The van der Waals surface area contributed by atoms with Crippen LogP contribution >= 0.6 is 0 Å². The van der Waals surface area contributed by atoms with Gasteiger partial charge in [-0.15, -0.1) is 0 Å². The quantitative estimate of drug-likeness (QED) is 0.680. The Morgan fingerprint density at radius 1 is 0.882 bits per heavy atom. The first-order chi connectivity index (χ1) is 8.43. The van der Waals surface area contributed by atoms with Gasteiger partial charge in [0.15, 0.2) is 0 Å². The van der Waals surface area contributed by atoms with Crippen LogP contribution in [-0.4, -0.2) is 6.21 Å². The molecule has 82 valence electrons. The molecule has 1 atom stereocenters. The topological polar surface area (TPSA) is 37.1 Å². The summed E-state index contributed by atoms with van der Waals surface area (Å²) >= 11 is 0. The van der Waals surface area contributed by atoms with E-state index in [1.165, 1.54) is 0 Å². The van der Waals surface area contributed by atoms with Crippen molar-refractivity contribution in [3.8, 4) is 0 Å². The van der Waals surface area contributed by atoms with Crippen molar-refractivity contribution in [1.82, 2.24) is 0 Å². The van der Waals surface area contributed by atoms with Crippen molar-refractivity contribution in [1.29, 1.82) is 0 Å². The van der Waals surface area contributed by atoms with Crippen LogP contribution in [-0.2, 0) is 0 Å². The average molecular weight is 221 g/mol. The van der Waals surface area contributed by atoms with Gasteiger partial charge in [0.05, 0.1) is 11.4 Å². The van der Waals surface area contributed by atoms with Crippen LogP contribution in [0.15, 0.2) is 69.8 Å². The molecule has 0 spiro atoms. The Kier molecular flexibility index (Phi) is 2.50. The second-order valence-corrected chi connectivity index (χ2v) is 3.83. The summed E-state index contributed by atoms with van der Waals surface area (Å²) in [5.41, 5.74) is 2.97. The summed E-state index contributed by atoms with van der Waals surface area (Å²) in [6.07, 6.45) is 1.83. The third-order valence-corrected chi connectivity index (χ3v) is 2.66. The molecule has 0 saturated carbocycles. The minimum absolute atomic E-state index is 0.0496. The summed E-state index contributed by atoms with van der Waals surface area (Å²) in [6, 6.07) is 17.7. The summed E-state index contributed by atoms with van der Waals surface area (Å²) in [4.78, 5) is 4.31. The zero-order valence-corrected chi connectivity index (χ0v) is 9.19. The highest BCUT2D eigenvalue weighted by atomic mass is 15.1. The van der Waals surface area contributed by atoms with Crippen molar-refractivity contribution < 1.29 is 0 Å². The maximum absolute atomic E-state index is 4.31. The third kappa shape index (κ3) is 1.99. The smallest absolute Gasteiger partial charge is 0.133 e. The molecule has 2 aromatic rings. The number of azo groups is 1. The van der Waals surface area contributed by atoms with Gasteiger partial charge in [-0.2, -0.15) is 10.2 Å². The summed E-state index contributed by atoms with van der Waals surface area (Å²) in [5, 5.41) is 8.53. The van der Waals surface area contributed by atoms with E-state index in [2.05, 4.69) is 15.2 Å². The van der Waals surface area contributed by atoms with Crippen LogP contribution in [0, 0.1) is 0 Å². The molecule has 1 heterocycles. The van der Waals surface area contributed by atoms with Crippen molar-refractivity contribution in [3.05, 3.63) is 60.2 Å². The number of para-hydroxylation sites is 1. The molecular weight excluding hydrogens is 210 g/mol. The van der Waals surface area contributed by atoms with E-state index in [0.29, 0.717) is 0 Å². The Balaban J connectivity index is 1.85. The lowest BCUT2D eigenvalue weighted by Gasteiger charge is -2.01. The minimum Gasteiger partial charge on any atom is -0.258 e. The third-order valence-electron chi connectivity index (χ3n) is 2.66. The predicted molar refractivity (Wildman–Crippen MR) is 68.3 cm³/mol. The maximum Gasteiger partial charge on any atom is 0.133 e. The predicted octanol–water partition coefficient (Wildman–Crippen LogP) is 4.23. The average Bonchev–Trinajstić information content (AvgIpc) is 2.81. The van der Waals surface area contributed by atoms with Crippen LogP contribution in [0.1, 0.15) is 11.6 Å². The van der Waals surface area contributed by atoms with E-state index in [1.807, 2.05) is 60.8 Å². The van der Waals surface area contributed by atoms with Gasteiger partial charge in [-0.25, -0.2) is 0 Å². The zero-order chi connectivity index (χ0) is 11.5. The van der Waals surface area contributed by atoms with Gasteiger partial charge in [-0.1, -0.05) is 36.4 Å². The fourth-order valence-corrected chi connectivity index (χ4v) is 1.80. The molecule has 0 bridgehead atoms. The highest BCUT2D eigenvalue weighted by Crippen LogP contribution is 2.33. The number of aliphatic imine (C=N–C) groups is 1. The van der Waals surface area contributed by atoms with Crippen molar-refractivity contribution in [2.75, 3.05) is 0 Å². The van der Waals surface area contributed by atoms with E-state index < -0.39 is 0 Å². The van der Waals surface area contributed by atoms with E-state index in [9.17, 15) is 0 Å². The Hall–Kier alpha value is -2.29. The van der Waals surface area contributed by atoms with Gasteiger partial charge >= 0.3 is 0 Å². The van der Waals surface area contributed by atoms with Crippen molar-refractivity contribution >= 4 is 17.6 Å². The molecule has 0 fully saturated rings. The summed E-state index contributed by atoms with van der Waals surface area (Å²) in [7, 11) is 0. The Labute approximate surface area is 99.6 Å². The van der Waals surface area contributed by atoms with Crippen molar-refractivity contribution in [2.24, 2.45) is 15.2 Å². The van der Waals surface area contributed by atoms with E-state index in [0.717, 1.165) is 16.9 Å². The van der Waals surface area contributed by atoms with Crippen LogP contribution in [0.25, 0.3) is 0 Å². The summed E-state index contributed by atoms with van der Waals surface area (Å²) in [6.45, 7) is 0. The number of rotatable bonds is 2. The molecule has 2 aromatic carbocycles. The van der Waals surface area contributed by atoms with Crippen molar-refractivity contribution in [2.45, 2.75) is 6.04 Å². The molecule has 1 aliphatic rings. The lowest BCUT2D eigenvalue weighted by atomic mass is 10.1. The Morgan fingerprint density at radius 3 is 2.53 bits per heavy atom. The van der Waals surface area contributed by atoms with E-state index in [-0.39, 0.29) is 6.04 Å². The maximum atomic E-state index is 4.31. The van der Waals surface area contributed by atoms with Crippen LogP contribution in [0.3, 0.4) is 0 Å². The molecule has 1 unspecified atom stereocenters.